The van der Waals surface area contributed by atoms with Gasteiger partial charge in [0.2, 0.25) is 5.91 Å². The lowest BCUT2D eigenvalue weighted by molar-refractivity contribution is -0.384. The maximum atomic E-state index is 12.3. The van der Waals surface area contributed by atoms with E-state index in [1.165, 1.54) is 29.4 Å². The van der Waals surface area contributed by atoms with Crippen LogP contribution in [-0.2, 0) is 4.79 Å². The molecular weight excluding hydrogens is 326 g/mol. The van der Waals surface area contributed by atoms with Gasteiger partial charge in [0.05, 0.1) is 17.2 Å². The second-order valence-electron chi connectivity index (χ2n) is 5.52. The first kappa shape index (κ1) is 18.2. The number of amides is 2. The lowest BCUT2D eigenvalue weighted by atomic mass is 10.1. The third-order valence-corrected chi connectivity index (χ3v) is 3.91. The second-order valence-corrected chi connectivity index (χ2v) is 5.52. The topological polar surface area (TPSA) is 106 Å². The van der Waals surface area contributed by atoms with Crippen LogP contribution in [-0.4, -0.2) is 35.2 Å². The summed E-state index contributed by atoms with van der Waals surface area (Å²) in [4.78, 5) is 35.9. The van der Waals surface area contributed by atoms with Crippen molar-refractivity contribution in [3.8, 4) is 0 Å². The van der Waals surface area contributed by atoms with Crippen molar-refractivity contribution in [1.29, 1.82) is 0 Å². The fourth-order valence-corrected chi connectivity index (χ4v) is 2.29. The van der Waals surface area contributed by atoms with E-state index in [4.69, 9.17) is 4.42 Å². The molecular formula is C17H19N3O5. The summed E-state index contributed by atoms with van der Waals surface area (Å²) in [5.41, 5.74) is 0.653. The Morgan fingerprint density at radius 1 is 1.32 bits per heavy atom. The summed E-state index contributed by atoms with van der Waals surface area (Å²) in [6.45, 7) is 1.96. The molecule has 1 atom stereocenters. The van der Waals surface area contributed by atoms with Crippen molar-refractivity contribution in [2.75, 3.05) is 13.6 Å². The van der Waals surface area contributed by atoms with Gasteiger partial charge in [-0.15, -0.1) is 0 Å². The highest BCUT2D eigenvalue weighted by Crippen LogP contribution is 2.23. The van der Waals surface area contributed by atoms with E-state index in [1.807, 2.05) is 0 Å². The van der Waals surface area contributed by atoms with Gasteiger partial charge in [-0.3, -0.25) is 19.7 Å². The van der Waals surface area contributed by atoms with Crippen LogP contribution in [0.4, 0.5) is 5.69 Å². The van der Waals surface area contributed by atoms with E-state index in [-0.39, 0.29) is 42.3 Å². The molecule has 0 saturated heterocycles. The van der Waals surface area contributed by atoms with Crippen LogP contribution in [0.1, 0.15) is 35.5 Å². The number of rotatable bonds is 7. The van der Waals surface area contributed by atoms with Crippen molar-refractivity contribution in [2.45, 2.75) is 19.4 Å². The Labute approximate surface area is 144 Å². The van der Waals surface area contributed by atoms with Crippen LogP contribution >= 0.6 is 0 Å². The van der Waals surface area contributed by atoms with Gasteiger partial charge < -0.3 is 14.6 Å². The molecule has 2 amide bonds. The van der Waals surface area contributed by atoms with Gasteiger partial charge in [0, 0.05) is 32.1 Å². The normalized spacial score (nSPS) is 11.6. The molecule has 1 aromatic carbocycles. The Morgan fingerprint density at radius 2 is 2.08 bits per heavy atom. The van der Waals surface area contributed by atoms with Crippen LogP contribution in [0.2, 0.25) is 0 Å². The smallest absolute Gasteiger partial charge is 0.286 e. The van der Waals surface area contributed by atoms with Crippen molar-refractivity contribution >= 4 is 17.5 Å². The zero-order chi connectivity index (χ0) is 18.4. The van der Waals surface area contributed by atoms with E-state index in [0.717, 1.165) is 0 Å². The number of carbonyl (C=O) groups excluding carboxylic acids is 2. The molecule has 8 nitrogen and oxygen atoms in total. The van der Waals surface area contributed by atoms with Gasteiger partial charge in [0.25, 0.3) is 11.6 Å². The molecule has 2 rings (SSSR count). The number of benzene rings is 1. The number of nitrogens with zero attached hydrogens (tertiary/aromatic N) is 2. The molecule has 0 spiro atoms. The maximum Gasteiger partial charge on any atom is 0.286 e. The van der Waals surface area contributed by atoms with Crippen LogP contribution in [0.3, 0.4) is 0 Å². The molecule has 1 unspecified atom stereocenters. The Hall–Kier alpha value is -3.16. The summed E-state index contributed by atoms with van der Waals surface area (Å²) in [5.74, 6) is -0.378. The van der Waals surface area contributed by atoms with Crippen molar-refractivity contribution in [2.24, 2.45) is 0 Å². The molecule has 0 radical (unpaired) electrons. The Kier molecular flexibility index (Phi) is 5.89. The zero-order valence-corrected chi connectivity index (χ0v) is 14.0. The number of nitro benzene ring substituents is 1. The molecule has 25 heavy (non-hydrogen) atoms. The minimum absolute atomic E-state index is 0.0177. The average molecular weight is 345 g/mol. The fourth-order valence-electron chi connectivity index (χ4n) is 2.29. The van der Waals surface area contributed by atoms with Gasteiger partial charge in [0.15, 0.2) is 5.76 Å². The number of carbonyl (C=O) groups is 2. The maximum absolute atomic E-state index is 12.3. The van der Waals surface area contributed by atoms with E-state index in [1.54, 1.807) is 32.2 Å². The summed E-state index contributed by atoms with van der Waals surface area (Å²) < 4.78 is 4.96. The molecule has 0 aliphatic rings. The summed E-state index contributed by atoms with van der Waals surface area (Å²) in [5, 5.41) is 13.5. The minimum Gasteiger partial charge on any atom is -0.459 e. The molecule has 0 aliphatic carbocycles. The summed E-state index contributed by atoms with van der Waals surface area (Å²) in [6, 6.07) is 9.00. The number of furan rings is 1. The Bertz CT molecular complexity index is 757. The van der Waals surface area contributed by atoms with Gasteiger partial charge in [-0.2, -0.15) is 0 Å². The highest BCUT2D eigenvalue weighted by atomic mass is 16.6. The molecule has 0 saturated carbocycles. The summed E-state index contributed by atoms with van der Waals surface area (Å²) in [7, 11) is 1.63. The first-order valence-corrected chi connectivity index (χ1v) is 7.72. The van der Waals surface area contributed by atoms with E-state index >= 15 is 0 Å². The van der Waals surface area contributed by atoms with Crippen LogP contribution < -0.4 is 5.32 Å². The van der Waals surface area contributed by atoms with Crippen LogP contribution in [0.5, 0.6) is 0 Å². The SMILES string of the molecule is CC(c1cccc([N+](=O)[O-])c1)N(C)C(=O)CCNC(=O)c1ccco1. The third-order valence-electron chi connectivity index (χ3n) is 3.91. The van der Waals surface area contributed by atoms with Gasteiger partial charge in [-0.05, 0) is 24.6 Å². The number of nitro groups is 1. The van der Waals surface area contributed by atoms with E-state index in [2.05, 4.69) is 5.32 Å². The predicted octanol–water partition coefficient (Wildman–Crippen LogP) is 2.53. The predicted molar refractivity (Wildman–Crippen MR) is 89.9 cm³/mol. The van der Waals surface area contributed by atoms with E-state index in [9.17, 15) is 19.7 Å². The van der Waals surface area contributed by atoms with Gasteiger partial charge in [-0.25, -0.2) is 0 Å². The van der Waals surface area contributed by atoms with Crippen molar-refractivity contribution < 1.29 is 18.9 Å². The molecule has 1 heterocycles. The monoisotopic (exact) mass is 345 g/mol. The lowest BCUT2D eigenvalue weighted by Gasteiger charge is -2.25. The van der Waals surface area contributed by atoms with Crippen molar-refractivity contribution in [3.63, 3.8) is 0 Å². The largest absolute Gasteiger partial charge is 0.459 e. The first-order chi connectivity index (χ1) is 11.9. The van der Waals surface area contributed by atoms with E-state index in [0.29, 0.717) is 5.56 Å². The van der Waals surface area contributed by atoms with Crippen LogP contribution in [0.15, 0.2) is 47.1 Å². The molecule has 1 N–H and O–H groups in total. The standard InChI is InChI=1S/C17H19N3O5/c1-12(13-5-3-6-14(11-13)20(23)24)19(2)16(21)8-9-18-17(22)15-7-4-10-25-15/h3-7,10-12H,8-9H2,1-2H3,(H,18,22). The minimum atomic E-state index is -0.470. The summed E-state index contributed by atoms with van der Waals surface area (Å²) >= 11 is 0. The van der Waals surface area contributed by atoms with Gasteiger partial charge in [0.1, 0.15) is 0 Å². The van der Waals surface area contributed by atoms with E-state index < -0.39 is 4.92 Å². The zero-order valence-electron chi connectivity index (χ0n) is 14.0. The molecule has 0 aliphatic heterocycles. The highest BCUT2D eigenvalue weighted by Gasteiger charge is 2.19. The third kappa shape index (κ3) is 4.66. The average Bonchev–Trinajstić information content (AvgIpc) is 3.15. The molecule has 132 valence electrons. The number of nitrogens with one attached hydrogen (secondary N) is 1. The van der Waals surface area contributed by atoms with Crippen LogP contribution in [0, 0.1) is 10.1 Å². The van der Waals surface area contributed by atoms with Crippen molar-refractivity contribution in [3.05, 3.63) is 64.1 Å². The van der Waals surface area contributed by atoms with Gasteiger partial charge in [-0.1, -0.05) is 12.1 Å². The summed E-state index contributed by atoms with van der Waals surface area (Å²) in [6.07, 6.45) is 1.51. The Balaban J connectivity index is 1.89. The molecule has 1 aromatic heterocycles. The second kappa shape index (κ2) is 8.09. The van der Waals surface area contributed by atoms with Crippen molar-refractivity contribution in [1.82, 2.24) is 10.2 Å². The lowest BCUT2D eigenvalue weighted by Crippen LogP contribution is -2.33. The number of hydrogen-bond acceptors (Lipinski definition) is 5. The quantitative estimate of drug-likeness (QED) is 0.613. The number of non-ortho nitro benzene ring substituents is 1. The molecule has 0 fully saturated rings. The fraction of sp³-hybridized carbons (Fsp3) is 0.294. The first-order valence-electron chi connectivity index (χ1n) is 7.72. The molecule has 2 aromatic rings. The van der Waals surface area contributed by atoms with Gasteiger partial charge >= 0.3 is 0 Å². The number of hydrogen-bond donors (Lipinski definition) is 1. The molecule has 8 heteroatoms. The Morgan fingerprint density at radius 3 is 2.72 bits per heavy atom. The van der Waals surface area contributed by atoms with Crippen LogP contribution in [0.25, 0.3) is 0 Å². The highest BCUT2D eigenvalue weighted by molar-refractivity contribution is 5.91. The molecule has 0 bridgehead atoms.